The van der Waals surface area contributed by atoms with Crippen molar-refractivity contribution in [3.8, 4) is 0 Å². The van der Waals surface area contributed by atoms with Crippen molar-refractivity contribution in [3.05, 3.63) is 35.1 Å². The fraction of sp³-hybridized carbons (Fsp3) is 0.500. The molecule has 0 unspecified atom stereocenters. The first kappa shape index (κ1) is 23.8. The lowest BCUT2D eigenvalue weighted by Crippen LogP contribution is -2.40. The Balaban J connectivity index is 1.56. The van der Waals surface area contributed by atoms with Gasteiger partial charge in [-0.3, -0.25) is 4.79 Å². The predicted molar refractivity (Wildman–Crippen MR) is 128 cm³/mol. The number of nitrogens with one attached hydrogen (secondary N) is 1. The number of ether oxygens (including phenoxy) is 1. The van der Waals surface area contributed by atoms with E-state index in [9.17, 15) is 13.2 Å². The van der Waals surface area contributed by atoms with E-state index in [1.807, 2.05) is 18.4 Å². The first-order valence-electron chi connectivity index (χ1n) is 11.2. The first-order valence-corrected chi connectivity index (χ1v) is 13.5. The van der Waals surface area contributed by atoms with Gasteiger partial charge in [0.2, 0.25) is 15.9 Å². The number of fused-ring (bicyclic) bond motifs is 1. The summed E-state index contributed by atoms with van der Waals surface area (Å²) in [6.45, 7) is 6.28. The standard InChI is InChI=1S/C22H29N5O4S2/c1-3-4-9-27-19-6-5-17(33(29,30)26-10-12-31-13-11-26)14-18(19)24-20(27)7-8-21(28)25-22-23-16(2)15-32-22/h5-6,14-15H,3-4,7-13H2,1-2H3,(H,23,25,28). The number of rotatable bonds is 9. The van der Waals surface area contributed by atoms with E-state index in [1.54, 1.807) is 12.1 Å². The van der Waals surface area contributed by atoms with Crippen molar-refractivity contribution < 1.29 is 17.9 Å². The van der Waals surface area contributed by atoms with Crippen molar-refractivity contribution in [2.45, 2.75) is 51.0 Å². The van der Waals surface area contributed by atoms with Gasteiger partial charge in [-0.2, -0.15) is 4.31 Å². The Morgan fingerprint density at radius 3 is 2.73 bits per heavy atom. The van der Waals surface area contributed by atoms with E-state index in [0.29, 0.717) is 43.4 Å². The Bertz CT molecular complexity index is 1230. The van der Waals surface area contributed by atoms with Crippen LogP contribution in [0.1, 0.15) is 37.7 Å². The number of unbranched alkanes of at least 4 members (excludes halogenated alkanes) is 1. The van der Waals surface area contributed by atoms with Crippen LogP contribution in [-0.4, -0.2) is 59.5 Å². The number of hydrogen-bond donors (Lipinski definition) is 1. The fourth-order valence-corrected chi connectivity index (χ4v) is 5.96. The molecule has 0 spiro atoms. The molecule has 1 saturated heterocycles. The molecule has 1 amide bonds. The quantitative estimate of drug-likeness (QED) is 0.493. The zero-order valence-electron chi connectivity index (χ0n) is 18.9. The maximum atomic E-state index is 13.1. The Hall–Kier alpha value is -2.34. The molecule has 178 valence electrons. The molecule has 2 aromatic heterocycles. The zero-order chi connectivity index (χ0) is 23.4. The Kier molecular flexibility index (Phi) is 7.42. The van der Waals surface area contributed by atoms with E-state index in [0.717, 1.165) is 36.4 Å². The molecule has 0 saturated carbocycles. The van der Waals surface area contributed by atoms with Crippen LogP contribution in [0.4, 0.5) is 5.13 Å². The number of morpholine rings is 1. The second-order valence-corrected chi connectivity index (χ2v) is 10.8. The summed E-state index contributed by atoms with van der Waals surface area (Å²) >= 11 is 1.40. The molecule has 1 fully saturated rings. The molecule has 0 atom stereocenters. The van der Waals surface area contributed by atoms with Crippen LogP contribution in [0.15, 0.2) is 28.5 Å². The molecular formula is C22H29N5O4S2. The predicted octanol–water partition coefficient (Wildman–Crippen LogP) is 3.19. The molecule has 1 aliphatic rings. The third-order valence-corrected chi connectivity index (χ3v) is 8.35. The molecule has 1 aromatic carbocycles. The van der Waals surface area contributed by atoms with Crippen molar-refractivity contribution in [1.29, 1.82) is 0 Å². The van der Waals surface area contributed by atoms with Gasteiger partial charge in [0.25, 0.3) is 0 Å². The van der Waals surface area contributed by atoms with Gasteiger partial charge in [-0.1, -0.05) is 13.3 Å². The highest BCUT2D eigenvalue weighted by Gasteiger charge is 2.27. The number of aryl methyl sites for hydroxylation is 3. The Morgan fingerprint density at radius 2 is 2.03 bits per heavy atom. The lowest BCUT2D eigenvalue weighted by Gasteiger charge is -2.26. The maximum absolute atomic E-state index is 13.1. The van der Waals surface area contributed by atoms with Crippen LogP contribution >= 0.6 is 11.3 Å². The number of sulfonamides is 1. The molecule has 9 nitrogen and oxygen atoms in total. The van der Waals surface area contributed by atoms with Gasteiger partial charge in [0, 0.05) is 37.9 Å². The van der Waals surface area contributed by atoms with Gasteiger partial charge >= 0.3 is 0 Å². The number of aromatic nitrogens is 3. The third-order valence-electron chi connectivity index (χ3n) is 5.58. The second kappa shape index (κ2) is 10.3. The molecule has 33 heavy (non-hydrogen) atoms. The maximum Gasteiger partial charge on any atom is 0.243 e. The summed E-state index contributed by atoms with van der Waals surface area (Å²) in [6.07, 6.45) is 2.72. The smallest absolute Gasteiger partial charge is 0.243 e. The van der Waals surface area contributed by atoms with Crippen LogP contribution < -0.4 is 5.32 Å². The highest BCUT2D eigenvalue weighted by atomic mass is 32.2. The van der Waals surface area contributed by atoms with E-state index in [-0.39, 0.29) is 17.2 Å². The van der Waals surface area contributed by atoms with Crippen molar-refractivity contribution in [2.75, 3.05) is 31.6 Å². The van der Waals surface area contributed by atoms with Gasteiger partial charge in [0.1, 0.15) is 5.82 Å². The number of amides is 1. The molecule has 3 heterocycles. The van der Waals surface area contributed by atoms with Gasteiger partial charge in [0.05, 0.1) is 34.8 Å². The van der Waals surface area contributed by atoms with E-state index in [1.165, 1.54) is 15.6 Å². The SMILES string of the molecule is CCCCn1c(CCC(=O)Nc2nc(C)cs2)nc2cc(S(=O)(=O)N3CCOCC3)ccc21. The molecular weight excluding hydrogens is 462 g/mol. The van der Waals surface area contributed by atoms with Gasteiger partial charge in [-0.25, -0.2) is 18.4 Å². The van der Waals surface area contributed by atoms with Crippen LogP contribution in [0, 0.1) is 6.92 Å². The third kappa shape index (κ3) is 5.43. The molecule has 1 N–H and O–H groups in total. The molecule has 0 radical (unpaired) electrons. The van der Waals surface area contributed by atoms with Crippen LogP contribution in [0.3, 0.4) is 0 Å². The van der Waals surface area contributed by atoms with Crippen molar-refractivity contribution in [2.24, 2.45) is 0 Å². The molecule has 0 bridgehead atoms. The first-order chi connectivity index (χ1) is 15.9. The molecule has 1 aliphatic heterocycles. The number of imidazole rings is 1. The van der Waals surface area contributed by atoms with Crippen molar-refractivity contribution in [1.82, 2.24) is 18.8 Å². The van der Waals surface area contributed by atoms with Gasteiger partial charge in [-0.15, -0.1) is 11.3 Å². The molecule has 3 aromatic rings. The average Bonchev–Trinajstić information content (AvgIpc) is 3.38. The number of carbonyl (C=O) groups is 1. The van der Waals surface area contributed by atoms with Crippen molar-refractivity contribution >= 4 is 43.4 Å². The topological polar surface area (TPSA) is 106 Å². The molecule has 0 aliphatic carbocycles. The van der Waals surface area contributed by atoms with Gasteiger partial charge in [0.15, 0.2) is 5.13 Å². The number of anilines is 1. The lowest BCUT2D eigenvalue weighted by molar-refractivity contribution is -0.116. The average molecular weight is 492 g/mol. The normalized spacial score (nSPS) is 15.2. The summed E-state index contributed by atoms with van der Waals surface area (Å²) in [5.74, 6) is 0.666. The highest BCUT2D eigenvalue weighted by molar-refractivity contribution is 7.89. The summed E-state index contributed by atoms with van der Waals surface area (Å²) in [4.78, 5) is 21.7. The minimum absolute atomic E-state index is 0.117. The van der Waals surface area contributed by atoms with Crippen molar-refractivity contribution in [3.63, 3.8) is 0 Å². The zero-order valence-corrected chi connectivity index (χ0v) is 20.5. The van der Waals surface area contributed by atoms with E-state index in [4.69, 9.17) is 9.72 Å². The highest BCUT2D eigenvalue weighted by Crippen LogP contribution is 2.25. The van der Waals surface area contributed by atoms with Crippen LogP contribution in [0.5, 0.6) is 0 Å². The van der Waals surface area contributed by atoms with Gasteiger partial charge in [-0.05, 0) is 31.5 Å². The summed E-state index contributed by atoms with van der Waals surface area (Å²) in [6, 6.07) is 5.12. The number of nitrogens with zero attached hydrogens (tertiary/aromatic N) is 4. The minimum Gasteiger partial charge on any atom is -0.379 e. The molecule has 11 heteroatoms. The number of hydrogen-bond acceptors (Lipinski definition) is 7. The van der Waals surface area contributed by atoms with Crippen LogP contribution in [0.25, 0.3) is 11.0 Å². The summed E-state index contributed by atoms with van der Waals surface area (Å²) in [7, 11) is -3.60. The fourth-order valence-electron chi connectivity index (χ4n) is 3.83. The summed E-state index contributed by atoms with van der Waals surface area (Å²) in [5, 5.41) is 5.31. The number of benzene rings is 1. The van der Waals surface area contributed by atoms with Crippen LogP contribution in [-0.2, 0) is 32.5 Å². The number of thiazole rings is 1. The minimum atomic E-state index is -3.60. The van der Waals surface area contributed by atoms with Gasteiger partial charge < -0.3 is 14.6 Å². The molecule has 4 rings (SSSR count). The largest absolute Gasteiger partial charge is 0.379 e. The van der Waals surface area contributed by atoms with E-state index < -0.39 is 10.0 Å². The monoisotopic (exact) mass is 491 g/mol. The van der Waals surface area contributed by atoms with Crippen LogP contribution in [0.2, 0.25) is 0 Å². The summed E-state index contributed by atoms with van der Waals surface area (Å²) in [5.41, 5.74) is 2.39. The Morgan fingerprint density at radius 1 is 1.24 bits per heavy atom. The lowest BCUT2D eigenvalue weighted by atomic mass is 10.2. The Labute approximate surface area is 197 Å². The number of carbonyl (C=O) groups excluding carboxylic acids is 1. The van der Waals surface area contributed by atoms with E-state index in [2.05, 4.69) is 21.8 Å². The van der Waals surface area contributed by atoms with E-state index >= 15 is 0 Å². The second-order valence-electron chi connectivity index (χ2n) is 8.04. The summed E-state index contributed by atoms with van der Waals surface area (Å²) < 4.78 is 35.0.